The van der Waals surface area contributed by atoms with Crippen LogP contribution in [0, 0.1) is 0 Å². The summed E-state index contributed by atoms with van der Waals surface area (Å²) in [6, 6.07) is 17.3. The molecular weight excluding hydrogens is 324 g/mol. The van der Waals surface area contributed by atoms with E-state index in [0.717, 1.165) is 24.6 Å². The number of nitrogens with zero attached hydrogens (tertiary/aromatic N) is 1. The third-order valence-electron chi connectivity index (χ3n) is 4.98. The summed E-state index contributed by atoms with van der Waals surface area (Å²) in [7, 11) is 1.71. The monoisotopic (exact) mass is 354 g/mol. The third kappa shape index (κ3) is 4.99. The van der Waals surface area contributed by atoms with Crippen LogP contribution < -0.4 is 14.8 Å². The molecule has 4 heteroatoms. The molecule has 0 saturated carbocycles. The molecule has 1 aliphatic heterocycles. The topological polar surface area (TPSA) is 33.7 Å². The SMILES string of the molecule is CCOc1ccc(CNCC(c2ccc(OC)cc2)N2CCCC2)cc1. The van der Waals surface area contributed by atoms with Crippen LogP contribution in [-0.2, 0) is 6.54 Å². The number of methoxy groups -OCH3 is 1. The van der Waals surface area contributed by atoms with E-state index < -0.39 is 0 Å². The van der Waals surface area contributed by atoms with Crippen LogP contribution in [0.4, 0.5) is 0 Å². The molecule has 1 saturated heterocycles. The van der Waals surface area contributed by atoms with Crippen LogP contribution in [0.25, 0.3) is 0 Å². The number of benzene rings is 2. The minimum absolute atomic E-state index is 0.408. The van der Waals surface area contributed by atoms with Gasteiger partial charge >= 0.3 is 0 Å². The smallest absolute Gasteiger partial charge is 0.119 e. The summed E-state index contributed by atoms with van der Waals surface area (Å²) in [5.41, 5.74) is 2.63. The number of hydrogen-bond donors (Lipinski definition) is 1. The fourth-order valence-corrected chi connectivity index (χ4v) is 3.56. The summed E-state index contributed by atoms with van der Waals surface area (Å²) in [6.45, 7) is 6.89. The Morgan fingerprint density at radius 3 is 2.23 bits per heavy atom. The largest absolute Gasteiger partial charge is 0.497 e. The molecule has 0 amide bonds. The molecule has 3 rings (SSSR count). The molecule has 0 aromatic heterocycles. The first-order valence-electron chi connectivity index (χ1n) is 9.60. The highest BCUT2D eigenvalue weighted by atomic mass is 16.5. The second-order valence-corrected chi connectivity index (χ2v) is 6.74. The quantitative estimate of drug-likeness (QED) is 0.737. The zero-order valence-corrected chi connectivity index (χ0v) is 15.9. The highest BCUT2D eigenvalue weighted by Gasteiger charge is 2.23. The lowest BCUT2D eigenvalue weighted by molar-refractivity contribution is 0.238. The zero-order valence-electron chi connectivity index (χ0n) is 15.9. The second-order valence-electron chi connectivity index (χ2n) is 6.74. The summed E-state index contributed by atoms with van der Waals surface area (Å²) in [6.07, 6.45) is 2.59. The average molecular weight is 354 g/mol. The van der Waals surface area contributed by atoms with Crippen LogP contribution in [0.2, 0.25) is 0 Å². The lowest BCUT2D eigenvalue weighted by Crippen LogP contribution is -2.34. The molecule has 0 radical (unpaired) electrons. The number of ether oxygens (including phenoxy) is 2. The standard InChI is InChI=1S/C22H30N2O2/c1-3-26-21-10-6-18(7-11-21)16-23-17-22(24-14-4-5-15-24)19-8-12-20(25-2)13-9-19/h6-13,22-23H,3-5,14-17H2,1-2H3. The summed E-state index contributed by atoms with van der Waals surface area (Å²) in [5.74, 6) is 1.85. The first-order valence-corrected chi connectivity index (χ1v) is 9.60. The molecule has 26 heavy (non-hydrogen) atoms. The van der Waals surface area contributed by atoms with Gasteiger partial charge in [-0.15, -0.1) is 0 Å². The predicted octanol–water partition coefficient (Wildman–Crippen LogP) is 4.02. The van der Waals surface area contributed by atoms with Gasteiger partial charge in [0.15, 0.2) is 0 Å². The molecular formula is C22H30N2O2. The minimum atomic E-state index is 0.408. The Hall–Kier alpha value is -2.04. The Balaban J connectivity index is 1.60. The van der Waals surface area contributed by atoms with Gasteiger partial charge in [0, 0.05) is 19.1 Å². The number of hydrogen-bond acceptors (Lipinski definition) is 4. The fraction of sp³-hybridized carbons (Fsp3) is 0.455. The predicted molar refractivity (Wildman–Crippen MR) is 106 cm³/mol. The van der Waals surface area contributed by atoms with Gasteiger partial charge < -0.3 is 14.8 Å². The van der Waals surface area contributed by atoms with Crippen LogP contribution in [0.1, 0.15) is 36.9 Å². The average Bonchev–Trinajstić information content (AvgIpc) is 3.21. The lowest BCUT2D eigenvalue weighted by atomic mass is 10.0. The maximum atomic E-state index is 5.51. The Morgan fingerprint density at radius 1 is 0.962 bits per heavy atom. The van der Waals surface area contributed by atoms with Crippen molar-refractivity contribution in [2.45, 2.75) is 32.4 Å². The summed E-state index contributed by atoms with van der Waals surface area (Å²) in [4.78, 5) is 2.59. The van der Waals surface area contributed by atoms with Crippen LogP contribution >= 0.6 is 0 Å². The number of likely N-dealkylation sites (tertiary alicyclic amines) is 1. The Morgan fingerprint density at radius 2 is 1.62 bits per heavy atom. The van der Waals surface area contributed by atoms with Crippen molar-refractivity contribution in [1.82, 2.24) is 10.2 Å². The number of nitrogens with one attached hydrogen (secondary N) is 1. The van der Waals surface area contributed by atoms with Crippen molar-refractivity contribution in [2.75, 3.05) is 33.4 Å². The molecule has 0 spiro atoms. The molecule has 1 atom stereocenters. The van der Waals surface area contributed by atoms with E-state index in [-0.39, 0.29) is 0 Å². The van der Waals surface area contributed by atoms with Crippen LogP contribution in [-0.4, -0.2) is 38.3 Å². The van der Waals surface area contributed by atoms with Gasteiger partial charge in [-0.2, -0.15) is 0 Å². The van der Waals surface area contributed by atoms with E-state index in [4.69, 9.17) is 9.47 Å². The van der Waals surface area contributed by atoms with Crippen molar-refractivity contribution in [1.29, 1.82) is 0 Å². The van der Waals surface area contributed by atoms with Gasteiger partial charge in [0.05, 0.1) is 13.7 Å². The molecule has 0 bridgehead atoms. The molecule has 1 aliphatic rings. The molecule has 140 valence electrons. The van der Waals surface area contributed by atoms with Gasteiger partial charge in [-0.25, -0.2) is 0 Å². The van der Waals surface area contributed by atoms with Crippen LogP contribution in [0.3, 0.4) is 0 Å². The molecule has 2 aromatic rings. The van der Waals surface area contributed by atoms with E-state index in [1.807, 2.05) is 19.1 Å². The third-order valence-corrected chi connectivity index (χ3v) is 4.98. The van der Waals surface area contributed by atoms with Crippen molar-refractivity contribution in [3.63, 3.8) is 0 Å². The molecule has 1 heterocycles. The van der Waals surface area contributed by atoms with E-state index in [1.54, 1.807) is 7.11 Å². The van der Waals surface area contributed by atoms with E-state index in [9.17, 15) is 0 Å². The summed E-state index contributed by atoms with van der Waals surface area (Å²) >= 11 is 0. The van der Waals surface area contributed by atoms with E-state index in [1.165, 1.54) is 37.1 Å². The highest BCUT2D eigenvalue weighted by molar-refractivity contribution is 5.30. The van der Waals surface area contributed by atoms with E-state index in [2.05, 4.69) is 46.6 Å². The van der Waals surface area contributed by atoms with Crippen LogP contribution in [0.5, 0.6) is 11.5 Å². The zero-order chi connectivity index (χ0) is 18.2. The number of rotatable bonds is 9. The normalized spacial score (nSPS) is 15.8. The lowest BCUT2D eigenvalue weighted by Gasteiger charge is -2.28. The molecule has 4 nitrogen and oxygen atoms in total. The maximum absolute atomic E-state index is 5.51. The molecule has 2 aromatic carbocycles. The van der Waals surface area contributed by atoms with Gasteiger partial charge in [-0.1, -0.05) is 24.3 Å². The highest BCUT2D eigenvalue weighted by Crippen LogP contribution is 2.26. The van der Waals surface area contributed by atoms with Crippen molar-refractivity contribution in [3.05, 3.63) is 59.7 Å². The fourth-order valence-electron chi connectivity index (χ4n) is 3.56. The van der Waals surface area contributed by atoms with Crippen molar-refractivity contribution in [3.8, 4) is 11.5 Å². The molecule has 1 N–H and O–H groups in total. The van der Waals surface area contributed by atoms with Gasteiger partial charge in [0.1, 0.15) is 11.5 Å². The van der Waals surface area contributed by atoms with E-state index >= 15 is 0 Å². The maximum Gasteiger partial charge on any atom is 0.119 e. The minimum Gasteiger partial charge on any atom is -0.497 e. The van der Waals surface area contributed by atoms with Crippen molar-refractivity contribution < 1.29 is 9.47 Å². The van der Waals surface area contributed by atoms with Crippen molar-refractivity contribution >= 4 is 0 Å². The van der Waals surface area contributed by atoms with Gasteiger partial charge in [0.2, 0.25) is 0 Å². The Bertz CT molecular complexity index is 649. The molecule has 1 unspecified atom stereocenters. The summed E-state index contributed by atoms with van der Waals surface area (Å²) < 4.78 is 10.8. The second kappa shape index (κ2) is 9.60. The molecule has 1 fully saturated rings. The van der Waals surface area contributed by atoms with E-state index in [0.29, 0.717) is 12.6 Å². The summed E-state index contributed by atoms with van der Waals surface area (Å²) in [5, 5.41) is 3.64. The van der Waals surface area contributed by atoms with Gasteiger partial charge in [-0.3, -0.25) is 4.90 Å². The van der Waals surface area contributed by atoms with Gasteiger partial charge in [-0.05, 0) is 68.2 Å². The van der Waals surface area contributed by atoms with Gasteiger partial charge in [0.25, 0.3) is 0 Å². The first-order chi connectivity index (χ1) is 12.8. The Labute approximate surface area is 157 Å². The van der Waals surface area contributed by atoms with Crippen LogP contribution in [0.15, 0.2) is 48.5 Å². The Kier molecular flexibility index (Phi) is 6.92. The first kappa shape index (κ1) is 18.7. The van der Waals surface area contributed by atoms with Crippen molar-refractivity contribution in [2.24, 2.45) is 0 Å². The molecule has 0 aliphatic carbocycles.